The van der Waals surface area contributed by atoms with E-state index in [9.17, 15) is 0 Å². The summed E-state index contributed by atoms with van der Waals surface area (Å²) < 4.78 is 5.73. The number of aliphatic imine (C=N–C) groups is 1. The molecular formula is C14H18N2O. The first kappa shape index (κ1) is 10.6. The Morgan fingerprint density at radius 1 is 1.41 bits per heavy atom. The average Bonchev–Trinajstić information content (AvgIpc) is 3.03. The number of aryl methyl sites for hydroxylation is 1. The van der Waals surface area contributed by atoms with Gasteiger partial charge >= 0.3 is 0 Å². The Morgan fingerprint density at radius 3 is 2.94 bits per heavy atom. The van der Waals surface area contributed by atoms with Gasteiger partial charge in [0.15, 0.2) is 0 Å². The number of nitrogens with zero attached hydrogens (tertiary/aromatic N) is 1. The number of hydrogen-bond acceptors (Lipinski definition) is 3. The van der Waals surface area contributed by atoms with Gasteiger partial charge in [0.1, 0.15) is 18.2 Å². The molecule has 1 saturated carbocycles. The molecule has 1 N–H and O–H groups in total. The average molecular weight is 230 g/mol. The molecule has 0 spiro atoms. The van der Waals surface area contributed by atoms with Gasteiger partial charge in [0.05, 0.1) is 6.54 Å². The van der Waals surface area contributed by atoms with Gasteiger partial charge in [0.25, 0.3) is 0 Å². The summed E-state index contributed by atoms with van der Waals surface area (Å²) >= 11 is 0. The van der Waals surface area contributed by atoms with E-state index in [0.29, 0.717) is 6.61 Å². The maximum Gasteiger partial charge on any atom is 0.145 e. The Hall–Kier alpha value is -1.51. The lowest BCUT2D eigenvalue weighted by Crippen LogP contribution is -2.24. The SMILES string of the molecule is Cc1cc(OCC2=NCCN2)ccc1C1CC1. The molecule has 3 nitrogen and oxygen atoms in total. The fourth-order valence-electron chi connectivity index (χ4n) is 2.29. The van der Waals surface area contributed by atoms with Gasteiger partial charge in [-0.2, -0.15) is 0 Å². The topological polar surface area (TPSA) is 33.6 Å². The van der Waals surface area contributed by atoms with E-state index in [1.807, 2.05) is 0 Å². The van der Waals surface area contributed by atoms with Gasteiger partial charge in [-0.1, -0.05) is 6.07 Å². The van der Waals surface area contributed by atoms with Crippen molar-refractivity contribution in [2.24, 2.45) is 4.99 Å². The molecule has 0 aromatic heterocycles. The fraction of sp³-hybridized carbons (Fsp3) is 0.500. The van der Waals surface area contributed by atoms with Crippen LogP contribution in [0.5, 0.6) is 5.75 Å². The summed E-state index contributed by atoms with van der Waals surface area (Å²) in [6.45, 7) is 4.55. The van der Waals surface area contributed by atoms with Gasteiger partial charge in [-0.15, -0.1) is 0 Å². The Balaban J connectivity index is 1.64. The van der Waals surface area contributed by atoms with E-state index < -0.39 is 0 Å². The highest BCUT2D eigenvalue weighted by Gasteiger charge is 2.24. The molecule has 0 saturated heterocycles. The minimum Gasteiger partial charge on any atom is -0.486 e. The van der Waals surface area contributed by atoms with Crippen molar-refractivity contribution in [1.29, 1.82) is 0 Å². The summed E-state index contributed by atoms with van der Waals surface area (Å²) in [7, 11) is 0. The van der Waals surface area contributed by atoms with Gasteiger partial charge in [-0.05, 0) is 48.9 Å². The second-order valence-electron chi connectivity index (χ2n) is 4.84. The maximum absolute atomic E-state index is 5.73. The molecule has 0 amide bonds. The minimum absolute atomic E-state index is 0.558. The van der Waals surface area contributed by atoms with Crippen LogP contribution in [-0.2, 0) is 0 Å². The van der Waals surface area contributed by atoms with Crippen molar-refractivity contribution in [2.45, 2.75) is 25.7 Å². The van der Waals surface area contributed by atoms with Crippen LogP contribution in [0, 0.1) is 6.92 Å². The summed E-state index contributed by atoms with van der Waals surface area (Å²) in [4.78, 5) is 4.31. The fourth-order valence-corrected chi connectivity index (χ4v) is 2.29. The Kier molecular flexibility index (Phi) is 2.75. The van der Waals surface area contributed by atoms with Crippen molar-refractivity contribution in [3.05, 3.63) is 29.3 Å². The van der Waals surface area contributed by atoms with Crippen molar-refractivity contribution in [2.75, 3.05) is 19.7 Å². The Morgan fingerprint density at radius 2 is 2.29 bits per heavy atom. The zero-order valence-corrected chi connectivity index (χ0v) is 10.2. The van der Waals surface area contributed by atoms with Crippen LogP contribution in [0.3, 0.4) is 0 Å². The van der Waals surface area contributed by atoms with Crippen molar-refractivity contribution >= 4 is 5.84 Å². The molecule has 3 rings (SSSR count). The van der Waals surface area contributed by atoms with Gasteiger partial charge in [-0.25, -0.2) is 0 Å². The summed E-state index contributed by atoms with van der Waals surface area (Å²) in [5.74, 6) is 2.72. The number of rotatable bonds is 4. The van der Waals surface area contributed by atoms with E-state index in [1.54, 1.807) is 0 Å². The van der Waals surface area contributed by atoms with E-state index >= 15 is 0 Å². The number of ether oxygens (including phenoxy) is 1. The third-order valence-electron chi connectivity index (χ3n) is 3.38. The predicted molar refractivity (Wildman–Crippen MR) is 69.0 cm³/mol. The van der Waals surface area contributed by atoms with Crippen LogP contribution in [-0.4, -0.2) is 25.5 Å². The molecule has 17 heavy (non-hydrogen) atoms. The number of amidine groups is 1. The standard InChI is InChI=1S/C14H18N2O/c1-10-8-12(4-5-13(10)11-2-3-11)17-9-14-15-6-7-16-14/h4-5,8,11H,2-3,6-7,9H2,1H3,(H,15,16). The van der Waals surface area contributed by atoms with E-state index in [2.05, 4.69) is 35.4 Å². The summed E-state index contributed by atoms with van der Waals surface area (Å²) in [5, 5.41) is 3.21. The molecule has 1 aliphatic heterocycles. The van der Waals surface area contributed by atoms with Gasteiger partial charge in [-0.3, -0.25) is 4.99 Å². The van der Waals surface area contributed by atoms with E-state index in [0.717, 1.165) is 30.6 Å². The monoisotopic (exact) mass is 230 g/mol. The first-order valence-electron chi connectivity index (χ1n) is 6.33. The highest BCUT2D eigenvalue weighted by molar-refractivity contribution is 5.84. The summed E-state index contributed by atoms with van der Waals surface area (Å²) in [5.41, 5.74) is 2.85. The lowest BCUT2D eigenvalue weighted by molar-refractivity contribution is 0.373. The second kappa shape index (κ2) is 4.40. The Bertz CT molecular complexity index is 450. The van der Waals surface area contributed by atoms with Crippen LogP contribution >= 0.6 is 0 Å². The van der Waals surface area contributed by atoms with Crippen molar-refractivity contribution in [3.63, 3.8) is 0 Å². The normalized spacial score (nSPS) is 18.8. The molecule has 0 atom stereocenters. The lowest BCUT2D eigenvalue weighted by Gasteiger charge is -2.10. The van der Waals surface area contributed by atoms with E-state index in [-0.39, 0.29) is 0 Å². The van der Waals surface area contributed by atoms with Gasteiger partial charge in [0, 0.05) is 6.54 Å². The number of benzene rings is 1. The number of hydrogen-bond donors (Lipinski definition) is 1. The van der Waals surface area contributed by atoms with Crippen molar-refractivity contribution < 1.29 is 4.74 Å². The van der Waals surface area contributed by atoms with Crippen LogP contribution in [0.4, 0.5) is 0 Å². The smallest absolute Gasteiger partial charge is 0.145 e. The van der Waals surface area contributed by atoms with Crippen molar-refractivity contribution in [1.82, 2.24) is 5.32 Å². The van der Waals surface area contributed by atoms with Gasteiger partial charge in [0.2, 0.25) is 0 Å². The van der Waals surface area contributed by atoms with Crippen LogP contribution in [0.2, 0.25) is 0 Å². The van der Waals surface area contributed by atoms with Crippen LogP contribution < -0.4 is 10.1 Å². The second-order valence-corrected chi connectivity index (χ2v) is 4.84. The molecule has 1 fully saturated rings. The predicted octanol–water partition coefficient (Wildman–Crippen LogP) is 2.25. The van der Waals surface area contributed by atoms with Crippen molar-refractivity contribution in [3.8, 4) is 5.75 Å². The van der Waals surface area contributed by atoms with E-state index in [1.165, 1.54) is 24.0 Å². The highest BCUT2D eigenvalue weighted by Crippen LogP contribution is 2.42. The molecule has 3 heteroatoms. The molecule has 1 heterocycles. The lowest BCUT2D eigenvalue weighted by atomic mass is 10.0. The quantitative estimate of drug-likeness (QED) is 0.860. The molecule has 0 bridgehead atoms. The largest absolute Gasteiger partial charge is 0.486 e. The molecule has 0 radical (unpaired) electrons. The van der Waals surface area contributed by atoms with Gasteiger partial charge < -0.3 is 10.1 Å². The maximum atomic E-state index is 5.73. The highest BCUT2D eigenvalue weighted by atomic mass is 16.5. The first-order chi connectivity index (χ1) is 8.33. The molecule has 1 aliphatic carbocycles. The summed E-state index contributed by atoms with van der Waals surface area (Å²) in [6.07, 6.45) is 2.70. The third-order valence-corrected chi connectivity index (χ3v) is 3.38. The van der Waals surface area contributed by atoms with E-state index in [4.69, 9.17) is 4.74 Å². The number of nitrogens with one attached hydrogen (secondary N) is 1. The van der Waals surface area contributed by atoms with Crippen LogP contribution in [0.1, 0.15) is 29.9 Å². The minimum atomic E-state index is 0.558. The zero-order chi connectivity index (χ0) is 11.7. The van der Waals surface area contributed by atoms with Crippen LogP contribution in [0.25, 0.3) is 0 Å². The third kappa shape index (κ3) is 2.43. The molecule has 2 aliphatic rings. The van der Waals surface area contributed by atoms with Crippen LogP contribution in [0.15, 0.2) is 23.2 Å². The molecule has 0 unspecified atom stereocenters. The molecule has 1 aromatic carbocycles. The molecule has 1 aromatic rings. The molecule has 90 valence electrons. The Labute approximate surface area is 102 Å². The molecular weight excluding hydrogens is 212 g/mol. The summed E-state index contributed by atoms with van der Waals surface area (Å²) in [6, 6.07) is 6.44. The first-order valence-corrected chi connectivity index (χ1v) is 6.33. The zero-order valence-electron chi connectivity index (χ0n) is 10.2.